The van der Waals surface area contributed by atoms with Crippen LogP contribution in [0.2, 0.25) is 4.34 Å². The highest BCUT2D eigenvalue weighted by molar-refractivity contribution is 7.91. The molecule has 1 fully saturated rings. The molecule has 1 aliphatic rings. The minimum Gasteiger partial charge on any atom is -0.381 e. The number of sulfonamides is 1. The first-order valence-corrected chi connectivity index (χ1v) is 8.58. The highest BCUT2D eigenvalue weighted by atomic mass is 35.5. The lowest BCUT2D eigenvalue weighted by Crippen LogP contribution is -2.24. The Labute approximate surface area is 116 Å². The number of nitrogens with one attached hydrogen (secondary N) is 1. The summed E-state index contributed by atoms with van der Waals surface area (Å²) >= 11 is 6.77. The van der Waals surface area contributed by atoms with E-state index in [1.54, 1.807) is 6.07 Å². The minimum atomic E-state index is -3.40. The second kappa shape index (κ2) is 6.34. The van der Waals surface area contributed by atoms with Gasteiger partial charge in [-0.05, 0) is 37.3 Å². The molecule has 0 bridgehead atoms. The molecule has 0 saturated heterocycles. The minimum absolute atomic E-state index is 0.256. The van der Waals surface area contributed by atoms with E-state index in [-0.39, 0.29) is 4.21 Å². The molecule has 0 atom stereocenters. The maximum Gasteiger partial charge on any atom is 0.250 e. The Kier molecular flexibility index (Phi) is 5.03. The Morgan fingerprint density at radius 2 is 2.22 bits per heavy atom. The highest BCUT2D eigenvalue weighted by Crippen LogP contribution is 2.28. The molecular formula is C11H16ClNO3S2. The van der Waals surface area contributed by atoms with E-state index in [1.807, 2.05) is 0 Å². The maximum atomic E-state index is 11.8. The molecule has 0 unspecified atom stereocenters. The number of halogens is 1. The number of rotatable bonds is 8. The Balaban J connectivity index is 1.65. The molecule has 1 heterocycles. The summed E-state index contributed by atoms with van der Waals surface area (Å²) in [6, 6.07) is 3.10. The summed E-state index contributed by atoms with van der Waals surface area (Å²) < 4.78 is 32.3. The Morgan fingerprint density at radius 1 is 1.44 bits per heavy atom. The van der Waals surface area contributed by atoms with Gasteiger partial charge in [-0.2, -0.15) is 0 Å². The van der Waals surface area contributed by atoms with Crippen LogP contribution in [-0.4, -0.2) is 28.2 Å². The van der Waals surface area contributed by atoms with Crippen molar-refractivity contribution in [3.63, 3.8) is 0 Å². The Hall–Kier alpha value is -0.140. The van der Waals surface area contributed by atoms with Crippen LogP contribution in [0, 0.1) is 5.92 Å². The molecule has 1 N–H and O–H groups in total. The topological polar surface area (TPSA) is 55.4 Å². The summed E-state index contributed by atoms with van der Waals surface area (Å²) in [6.07, 6.45) is 3.22. The van der Waals surface area contributed by atoms with Gasteiger partial charge < -0.3 is 4.74 Å². The predicted octanol–water partition coefficient (Wildman–Crippen LogP) is 2.50. The van der Waals surface area contributed by atoms with Crippen LogP contribution in [0.5, 0.6) is 0 Å². The van der Waals surface area contributed by atoms with E-state index >= 15 is 0 Å². The average molecular weight is 310 g/mol. The third kappa shape index (κ3) is 4.51. The zero-order valence-electron chi connectivity index (χ0n) is 9.89. The van der Waals surface area contributed by atoms with Gasteiger partial charge in [0.1, 0.15) is 4.21 Å². The van der Waals surface area contributed by atoms with Crippen molar-refractivity contribution in [1.82, 2.24) is 4.72 Å². The molecular weight excluding hydrogens is 294 g/mol. The normalized spacial score (nSPS) is 16.1. The third-order valence-corrected chi connectivity index (χ3v) is 5.81. The van der Waals surface area contributed by atoms with E-state index in [0.717, 1.165) is 23.9 Å². The molecule has 1 aromatic rings. The van der Waals surface area contributed by atoms with Gasteiger partial charge >= 0.3 is 0 Å². The first-order valence-electron chi connectivity index (χ1n) is 5.91. The van der Waals surface area contributed by atoms with E-state index in [2.05, 4.69) is 4.72 Å². The molecule has 4 nitrogen and oxygen atoms in total. The lowest BCUT2D eigenvalue weighted by atomic mass is 10.4. The first-order chi connectivity index (χ1) is 8.58. The maximum absolute atomic E-state index is 11.8. The molecule has 0 spiro atoms. The van der Waals surface area contributed by atoms with Gasteiger partial charge in [-0.15, -0.1) is 11.3 Å². The highest BCUT2D eigenvalue weighted by Gasteiger charge is 2.21. The number of hydrogen-bond acceptors (Lipinski definition) is 4. The van der Waals surface area contributed by atoms with Gasteiger partial charge in [0.05, 0.1) is 4.34 Å². The summed E-state index contributed by atoms with van der Waals surface area (Å²) in [5.41, 5.74) is 0. The van der Waals surface area contributed by atoms with Crippen molar-refractivity contribution in [2.45, 2.75) is 23.5 Å². The molecule has 2 rings (SSSR count). The van der Waals surface area contributed by atoms with Crippen LogP contribution in [0.25, 0.3) is 0 Å². The number of hydrogen-bond donors (Lipinski definition) is 1. The smallest absolute Gasteiger partial charge is 0.250 e. The van der Waals surface area contributed by atoms with Gasteiger partial charge in [0.15, 0.2) is 0 Å². The van der Waals surface area contributed by atoms with Crippen molar-refractivity contribution in [2.24, 2.45) is 5.92 Å². The second-order valence-corrected chi connectivity index (χ2v) is 8.04. The average Bonchev–Trinajstić information content (AvgIpc) is 3.03. The molecule has 0 radical (unpaired) electrons. The van der Waals surface area contributed by atoms with Gasteiger partial charge in [0.2, 0.25) is 10.0 Å². The fourth-order valence-corrected chi connectivity index (χ4v) is 4.03. The molecule has 1 aliphatic carbocycles. The van der Waals surface area contributed by atoms with Crippen molar-refractivity contribution < 1.29 is 13.2 Å². The summed E-state index contributed by atoms with van der Waals surface area (Å²) in [5, 5.41) is 0. The number of ether oxygens (including phenoxy) is 1. The first kappa shape index (κ1) is 14.3. The van der Waals surface area contributed by atoms with Gasteiger partial charge in [0.25, 0.3) is 0 Å². The van der Waals surface area contributed by atoms with E-state index in [0.29, 0.717) is 23.9 Å². The lowest BCUT2D eigenvalue weighted by molar-refractivity contribution is 0.123. The van der Waals surface area contributed by atoms with Crippen molar-refractivity contribution in [3.8, 4) is 0 Å². The van der Waals surface area contributed by atoms with Gasteiger partial charge in [-0.1, -0.05) is 11.6 Å². The fourth-order valence-electron chi connectivity index (χ4n) is 1.43. The summed E-state index contributed by atoms with van der Waals surface area (Å²) in [7, 11) is -3.40. The predicted molar refractivity (Wildman–Crippen MR) is 72.7 cm³/mol. The molecule has 18 heavy (non-hydrogen) atoms. The Morgan fingerprint density at radius 3 is 2.83 bits per heavy atom. The van der Waals surface area contributed by atoms with Gasteiger partial charge in [-0.25, -0.2) is 13.1 Å². The van der Waals surface area contributed by atoms with Crippen LogP contribution < -0.4 is 4.72 Å². The zero-order valence-corrected chi connectivity index (χ0v) is 12.3. The van der Waals surface area contributed by atoms with Crippen LogP contribution >= 0.6 is 22.9 Å². The second-order valence-electron chi connectivity index (χ2n) is 4.33. The van der Waals surface area contributed by atoms with E-state index in [9.17, 15) is 8.42 Å². The monoisotopic (exact) mass is 309 g/mol. The SMILES string of the molecule is O=S(=O)(NCCCOCC1CC1)c1ccc(Cl)s1. The van der Waals surface area contributed by atoms with Crippen molar-refractivity contribution >= 4 is 33.0 Å². The van der Waals surface area contributed by atoms with Crippen molar-refractivity contribution in [2.75, 3.05) is 19.8 Å². The zero-order chi connectivity index (χ0) is 13.0. The largest absolute Gasteiger partial charge is 0.381 e. The van der Waals surface area contributed by atoms with Crippen molar-refractivity contribution in [3.05, 3.63) is 16.5 Å². The molecule has 0 amide bonds. The standard InChI is InChI=1S/C11H16ClNO3S2/c12-10-4-5-11(17-10)18(14,15)13-6-1-7-16-8-9-2-3-9/h4-5,9,13H,1-3,6-8H2. The molecule has 1 aromatic heterocycles. The quantitative estimate of drug-likeness (QED) is 0.751. The third-order valence-electron chi connectivity index (χ3n) is 2.62. The fraction of sp³-hybridized carbons (Fsp3) is 0.636. The lowest BCUT2D eigenvalue weighted by Gasteiger charge is -2.05. The van der Waals surface area contributed by atoms with E-state index < -0.39 is 10.0 Å². The van der Waals surface area contributed by atoms with Gasteiger partial charge in [-0.3, -0.25) is 0 Å². The summed E-state index contributed by atoms with van der Waals surface area (Å²) in [6.45, 7) is 1.81. The number of thiophene rings is 1. The van der Waals surface area contributed by atoms with Crippen LogP contribution in [0.15, 0.2) is 16.3 Å². The molecule has 1 saturated carbocycles. The summed E-state index contributed by atoms with van der Waals surface area (Å²) in [5.74, 6) is 0.745. The Bertz CT molecular complexity index is 482. The van der Waals surface area contributed by atoms with Gasteiger partial charge in [0, 0.05) is 19.8 Å². The van der Waals surface area contributed by atoms with E-state index in [4.69, 9.17) is 16.3 Å². The molecule has 7 heteroatoms. The van der Waals surface area contributed by atoms with Crippen LogP contribution in [0.3, 0.4) is 0 Å². The van der Waals surface area contributed by atoms with Crippen molar-refractivity contribution in [1.29, 1.82) is 0 Å². The van der Waals surface area contributed by atoms with Crippen LogP contribution in [-0.2, 0) is 14.8 Å². The van der Waals surface area contributed by atoms with Crippen LogP contribution in [0.1, 0.15) is 19.3 Å². The molecule has 0 aliphatic heterocycles. The molecule has 102 valence electrons. The molecule has 0 aromatic carbocycles. The van der Waals surface area contributed by atoms with E-state index in [1.165, 1.54) is 18.9 Å². The summed E-state index contributed by atoms with van der Waals surface area (Å²) in [4.78, 5) is 0. The van der Waals surface area contributed by atoms with Crippen LogP contribution in [0.4, 0.5) is 0 Å².